The first kappa shape index (κ1) is 15.7. The van der Waals surface area contributed by atoms with Crippen LogP contribution in [0, 0.1) is 5.92 Å². The van der Waals surface area contributed by atoms with E-state index < -0.39 is 0 Å². The zero-order valence-electron chi connectivity index (χ0n) is 12.8. The van der Waals surface area contributed by atoms with E-state index in [9.17, 15) is 4.79 Å². The Hall–Kier alpha value is -2.14. The first-order valence-corrected chi connectivity index (χ1v) is 8.75. The van der Waals surface area contributed by atoms with E-state index in [1.807, 2.05) is 36.5 Å². The molecule has 5 heteroatoms. The van der Waals surface area contributed by atoms with Crippen molar-refractivity contribution in [3.63, 3.8) is 0 Å². The first-order chi connectivity index (χ1) is 11.3. The molecule has 0 fully saturated rings. The number of benzene rings is 1. The van der Waals surface area contributed by atoms with Crippen LogP contribution in [0.2, 0.25) is 0 Å². The van der Waals surface area contributed by atoms with E-state index in [4.69, 9.17) is 0 Å². The Labute approximate surface area is 140 Å². The van der Waals surface area contributed by atoms with Crippen molar-refractivity contribution in [3.05, 3.63) is 48.7 Å². The van der Waals surface area contributed by atoms with Crippen LogP contribution in [0.15, 0.2) is 58.7 Å². The minimum Gasteiger partial charge on any atom is -0.272 e. The molecule has 118 valence electrons. The van der Waals surface area contributed by atoms with Gasteiger partial charge in [0.2, 0.25) is 5.91 Å². The van der Waals surface area contributed by atoms with E-state index in [2.05, 4.69) is 27.7 Å². The van der Waals surface area contributed by atoms with Gasteiger partial charge in [-0.1, -0.05) is 30.4 Å². The van der Waals surface area contributed by atoms with Crippen molar-refractivity contribution in [2.45, 2.75) is 24.2 Å². The van der Waals surface area contributed by atoms with Crippen LogP contribution >= 0.6 is 11.8 Å². The summed E-state index contributed by atoms with van der Waals surface area (Å²) >= 11 is 1.48. The number of nitrogens with zero attached hydrogens (tertiary/aromatic N) is 2. The molecule has 4 nitrogen and oxygen atoms in total. The molecular formula is C18H19N3OS. The Morgan fingerprint density at radius 1 is 1.35 bits per heavy atom. The minimum absolute atomic E-state index is 0.0921. The van der Waals surface area contributed by atoms with E-state index in [1.165, 1.54) is 11.8 Å². The van der Waals surface area contributed by atoms with Gasteiger partial charge in [-0.3, -0.25) is 9.78 Å². The number of pyridine rings is 1. The predicted octanol–water partition coefficient (Wildman–Crippen LogP) is 3.79. The Bertz CT molecular complexity index is 737. The quantitative estimate of drug-likeness (QED) is 0.394. The number of hydrogen-bond donors (Lipinski definition) is 1. The molecule has 1 aromatic heterocycles. The fourth-order valence-electron chi connectivity index (χ4n) is 2.54. The Morgan fingerprint density at radius 3 is 3.13 bits per heavy atom. The second-order valence-electron chi connectivity index (χ2n) is 5.48. The van der Waals surface area contributed by atoms with Crippen molar-refractivity contribution in [1.29, 1.82) is 0 Å². The van der Waals surface area contributed by atoms with E-state index >= 15 is 0 Å². The summed E-state index contributed by atoms with van der Waals surface area (Å²) in [5.74, 6) is 0.679. The van der Waals surface area contributed by atoms with Gasteiger partial charge >= 0.3 is 0 Å². The van der Waals surface area contributed by atoms with Crippen molar-refractivity contribution in [1.82, 2.24) is 10.4 Å². The van der Waals surface area contributed by atoms with Gasteiger partial charge in [-0.05, 0) is 37.3 Å². The number of carbonyl (C=O) groups is 1. The van der Waals surface area contributed by atoms with Gasteiger partial charge in [-0.25, -0.2) is 5.43 Å². The minimum atomic E-state index is -0.0921. The van der Waals surface area contributed by atoms with Gasteiger partial charge in [0, 0.05) is 22.7 Å². The lowest BCUT2D eigenvalue weighted by molar-refractivity contribution is -0.118. The number of carbonyl (C=O) groups excluding carboxylic acids is 1. The fraction of sp³-hybridized carbons (Fsp3) is 0.278. The highest BCUT2D eigenvalue weighted by molar-refractivity contribution is 8.00. The highest BCUT2D eigenvalue weighted by atomic mass is 32.2. The van der Waals surface area contributed by atoms with Crippen LogP contribution in [0.25, 0.3) is 10.9 Å². The van der Waals surface area contributed by atoms with Crippen LogP contribution in [-0.4, -0.2) is 22.9 Å². The number of thioether (sulfide) groups is 1. The standard InChI is InChI=1S/C18H19N3OS/c22-17(21-20-12-14-6-2-1-3-7-14)13-23-16-10-4-8-15-9-5-11-19-18(15)16/h1-2,4-5,8-12,14H,3,6-7,13H2,(H,21,22)/t14-/m1/s1. The summed E-state index contributed by atoms with van der Waals surface area (Å²) in [4.78, 5) is 17.3. The number of aromatic nitrogens is 1. The van der Waals surface area contributed by atoms with Crippen LogP contribution in [0.4, 0.5) is 0 Å². The van der Waals surface area contributed by atoms with Crippen molar-refractivity contribution in [3.8, 4) is 0 Å². The highest BCUT2D eigenvalue weighted by Crippen LogP contribution is 2.25. The SMILES string of the molecule is O=C(CSc1cccc2cccnc12)NN=C[C@@H]1CC=CCC1. The molecule has 0 spiro atoms. The maximum absolute atomic E-state index is 11.9. The summed E-state index contributed by atoms with van der Waals surface area (Å²) < 4.78 is 0. The first-order valence-electron chi connectivity index (χ1n) is 7.76. The fourth-order valence-corrected chi connectivity index (χ4v) is 3.37. The molecule has 1 aromatic carbocycles. The largest absolute Gasteiger partial charge is 0.272 e. The van der Waals surface area contributed by atoms with Gasteiger partial charge in [0.15, 0.2) is 0 Å². The monoisotopic (exact) mass is 325 g/mol. The number of para-hydroxylation sites is 1. The molecule has 0 aliphatic heterocycles. The topological polar surface area (TPSA) is 54.4 Å². The van der Waals surface area contributed by atoms with E-state index in [0.29, 0.717) is 11.7 Å². The second kappa shape index (κ2) is 7.92. The lowest BCUT2D eigenvalue weighted by atomic mass is 9.96. The van der Waals surface area contributed by atoms with Crippen molar-refractivity contribution in [2.75, 3.05) is 5.75 Å². The lowest BCUT2D eigenvalue weighted by Gasteiger charge is -2.11. The molecule has 0 radical (unpaired) electrons. The van der Waals surface area contributed by atoms with Crippen LogP contribution in [0.1, 0.15) is 19.3 Å². The van der Waals surface area contributed by atoms with Gasteiger partial charge in [0.1, 0.15) is 0 Å². The smallest absolute Gasteiger partial charge is 0.250 e. The van der Waals surface area contributed by atoms with Gasteiger partial charge in [-0.2, -0.15) is 5.10 Å². The molecule has 1 N–H and O–H groups in total. The maximum atomic E-state index is 11.9. The molecule has 1 heterocycles. The summed E-state index contributed by atoms with van der Waals surface area (Å²) in [6, 6.07) is 9.94. The predicted molar refractivity (Wildman–Crippen MR) is 95.6 cm³/mol. The van der Waals surface area contributed by atoms with Crippen molar-refractivity contribution in [2.24, 2.45) is 11.0 Å². The average molecular weight is 325 g/mol. The van der Waals surface area contributed by atoms with Crippen LogP contribution < -0.4 is 5.43 Å². The molecule has 0 unspecified atom stereocenters. The average Bonchev–Trinajstić information content (AvgIpc) is 2.61. The number of rotatable bonds is 5. The second-order valence-corrected chi connectivity index (χ2v) is 6.49. The van der Waals surface area contributed by atoms with Crippen LogP contribution in [0.3, 0.4) is 0 Å². The molecule has 0 saturated carbocycles. The Balaban J connectivity index is 1.52. The molecule has 0 saturated heterocycles. The molecule has 0 bridgehead atoms. The van der Waals surface area contributed by atoms with Crippen LogP contribution in [-0.2, 0) is 4.79 Å². The number of allylic oxidation sites excluding steroid dienone is 2. The van der Waals surface area contributed by atoms with E-state index in [1.54, 1.807) is 6.20 Å². The van der Waals surface area contributed by atoms with Gasteiger partial charge in [0.25, 0.3) is 0 Å². The molecule has 1 amide bonds. The molecular weight excluding hydrogens is 306 g/mol. The van der Waals surface area contributed by atoms with Gasteiger partial charge in [-0.15, -0.1) is 11.8 Å². The number of nitrogens with one attached hydrogen (secondary N) is 1. The summed E-state index contributed by atoms with van der Waals surface area (Å²) in [5.41, 5.74) is 3.55. The number of amides is 1. The summed E-state index contributed by atoms with van der Waals surface area (Å²) in [6.45, 7) is 0. The number of hydrogen-bond acceptors (Lipinski definition) is 4. The number of hydrazone groups is 1. The lowest BCUT2D eigenvalue weighted by Crippen LogP contribution is -2.20. The van der Waals surface area contributed by atoms with Crippen molar-refractivity contribution < 1.29 is 4.79 Å². The Kier molecular flexibility index (Phi) is 5.42. The van der Waals surface area contributed by atoms with E-state index in [-0.39, 0.29) is 5.91 Å². The van der Waals surface area contributed by atoms with Gasteiger partial charge < -0.3 is 0 Å². The summed E-state index contributed by atoms with van der Waals surface area (Å²) in [5, 5.41) is 5.17. The third kappa shape index (κ3) is 4.42. The molecule has 23 heavy (non-hydrogen) atoms. The normalized spacial score (nSPS) is 17.7. The highest BCUT2D eigenvalue weighted by Gasteiger charge is 2.08. The zero-order chi connectivity index (χ0) is 15.9. The summed E-state index contributed by atoms with van der Waals surface area (Å²) in [7, 11) is 0. The zero-order valence-corrected chi connectivity index (χ0v) is 13.6. The maximum Gasteiger partial charge on any atom is 0.250 e. The Morgan fingerprint density at radius 2 is 2.26 bits per heavy atom. The van der Waals surface area contributed by atoms with Gasteiger partial charge in [0.05, 0.1) is 11.3 Å². The molecule has 1 atom stereocenters. The summed E-state index contributed by atoms with van der Waals surface area (Å²) in [6.07, 6.45) is 11.2. The molecule has 1 aliphatic rings. The number of fused-ring (bicyclic) bond motifs is 1. The molecule has 1 aliphatic carbocycles. The molecule has 3 rings (SSSR count). The van der Waals surface area contributed by atoms with Crippen LogP contribution in [0.5, 0.6) is 0 Å². The molecule has 2 aromatic rings. The van der Waals surface area contributed by atoms with E-state index in [0.717, 1.165) is 35.1 Å². The van der Waals surface area contributed by atoms with Crippen molar-refractivity contribution >= 4 is 34.8 Å². The third-order valence-corrected chi connectivity index (χ3v) is 4.79. The third-order valence-electron chi connectivity index (χ3n) is 3.74.